The Morgan fingerprint density at radius 3 is 2.57 bits per heavy atom. The highest BCUT2D eigenvalue weighted by Gasteiger charge is 2.52. The maximum Gasteiger partial charge on any atom is 0.420 e. The first-order valence-electron chi connectivity index (χ1n) is 10.2. The molecule has 3 rings (SSSR count). The van der Waals surface area contributed by atoms with Crippen LogP contribution in [0.4, 0.5) is 21.0 Å². The number of benzene rings is 1. The number of likely N-dealkylation sites (tertiary alicyclic amines) is 1. The van der Waals surface area contributed by atoms with Crippen molar-refractivity contribution >= 4 is 23.6 Å². The third-order valence-electron chi connectivity index (χ3n) is 6.00. The summed E-state index contributed by atoms with van der Waals surface area (Å²) in [5.74, 6) is 0. The van der Waals surface area contributed by atoms with Gasteiger partial charge in [-0.2, -0.15) is 0 Å². The van der Waals surface area contributed by atoms with Gasteiger partial charge < -0.3 is 14.5 Å². The van der Waals surface area contributed by atoms with Crippen LogP contribution < -0.4 is 10.2 Å². The molecule has 1 saturated heterocycles. The molecule has 2 amide bonds. The van der Waals surface area contributed by atoms with Gasteiger partial charge in [-0.05, 0) is 50.1 Å². The van der Waals surface area contributed by atoms with Gasteiger partial charge in [0.1, 0.15) is 0 Å². The van der Waals surface area contributed by atoms with Crippen LogP contribution in [0.25, 0.3) is 0 Å². The molecule has 2 atom stereocenters. The predicted octanol–water partition coefficient (Wildman–Crippen LogP) is 3.85. The van der Waals surface area contributed by atoms with E-state index in [4.69, 9.17) is 4.74 Å². The minimum atomic E-state index is -0.737. The highest BCUT2D eigenvalue weighted by molar-refractivity contribution is 5.93. The van der Waals surface area contributed by atoms with E-state index in [1.165, 1.54) is 11.3 Å². The summed E-state index contributed by atoms with van der Waals surface area (Å²) in [6.07, 6.45) is 1.71. The van der Waals surface area contributed by atoms with Crippen molar-refractivity contribution < 1.29 is 14.3 Å². The van der Waals surface area contributed by atoms with E-state index in [1.807, 2.05) is 32.0 Å². The second kappa shape index (κ2) is 7.99. The second-order valence-electron chi connectivity index (χ2n) is 8.13. The van der Waals surface area contributed by atoms with Crippen molar-refractivity contribution in [3.8, 4) is 0 Å². The molecule has 1 aromatic carbocycles. The molecule has 7 nitrogen and oxygen atoms in total. The first-order valence-corrected chi connectivity index (χ1v) is 10.2. The quantitative estimate of drug-likeness (QED) is 0.776. The van der Waals surface area contributed by atoms with Crippen LogP contribution in [0.1, 0.15) is 45.6 Å². The lowest BCUT2D eigenvalue weighted by molar-refractivity contribution is 0.124. The summed E-state index contributed by atoms with van der Waals surface area (Å²) in [7, 11) is 4.27. The Balaban J connectivity index is 1.71. The summed E-state index contributed by atoms with van der Waals surface area (Å²) in [5.41, 5.74) is 3.09. The number of anilines is 2. The Labute approximate surface area is 167 Å². The van der Waals surface area contributed by atoms with Crippen molar-refractivity contribution in [2.75, 3.05) is 43.9 Å². The molecule has 1 fully saturated rings. The van der Waals surface area contributed by atoms with Gasteiger partial charge in [-0.3, -0.25) is 10.2 Å². The van der Waals surface area contributed by atoms with Crippen LogP contribution in [0, 0.1) is 0 Å². The van der Waals surface area contributed by atoms with E-state index in [2.05, 4.69) is 36.1 Å². The van der Waals surface area contributed by atoms with Crippen LogP contribution in [0.15, 0.2) is 18.2 Å². The van der Waals surface area contributed by atoms with Crippen LogP contribution >= 0.6 is 0 Å². The standard InChI is InChI=1S/C21H32N4O3/c1-6-11-25(12-7-2)20(27)28-19(26)22-15-8-9-17-16(14-15)21(3)10-13-23(4)18(21)24(17)5/h8-9,14,18H,6-7,10-13H2,1-5H3,(H,22,26)/t18-,21-/m0/s1. The molecule has 0 spiro atoms. The summed E-state index contributed by atoms with van der Waals surface area (Å²) in [6.45, 7) is 8.47. The van der Waals surface area contributed by atoms with Crippen molar-refractivity contribution in [1.82, 2.24) is 9.80 Å². The Kier molecular flexibility index (Phi) is 5.84. The van der Waals surface area contributed by atoms with Crippen LogP contribution in [0.2, 0.25) is 0 Å². The van der Waals surface area contributed by atoms with Crippen molar-refractivity contribution in [2.45, 2.75) is 51.6 Å². The summed E-state index contributed by atoms with van der Waals surface area (Å²) < 4.78 is 5.01. The van der Waals surface area contributed by atoms with Crippen LogP contribution in [0.3, 0.4) is 0 Å². The Morgan fingerprint density at radius 2 is 1.93 bits per heavy atom. The van der Waals surface area contributed by atoms with E-state index >= 15 is 0 Å². The number of rotatable bonds is 5. The number of ether oxygens (including phenoxy) is 1. The summed E-state index contributed by atoms with van der Waals surface area (Å²) >= 11 is 0. The van der Waals surface area contributed by atoms with Crippen molar-refractivity contribution in [1.29, 1.82) is 0 Å². The van der Waals surface area contributed by atoms with Gasteiger partial charge in [0.05, 0.1) is 6.17 Å². The fraction of sp³-hybridized carbons (Fsp3) is 0.619. The molecule has 0 saturated carbocycles. The third kappa shape index (κ3) is 3.55. The largest absolute Gasteiger partial charge is 0.420 e. The topological polar surface area (TPSA) is 65.1 Å². The fourth-order valence-corrected chi connectivity index (χ4v) is 4.78. The lowest BCUT2D eigenvalue weighted by Crippen LogP contribution is -2.45. The van der Waals surface area contributed by atoms with Crippen LogP contribution in [-0.2, 0) is 10.2 Å². The molecule has 2 aliphatic heterocycles. The molecular weight excluding hydrogens is 356 g/mol. The molecule has 0 aliphatic carbocycles. The first-order chi connectivity index (χ1) is 13.3. The van der Waals surface area contributed by atoms with E-state index in [-0.39, 0.29) is 5.41 Å². The van der Waals surface area contributed by atoms with E-state index in [0.29, 0.717) is 24.9 Å². The van der Waals surface area contributed by atoms with Gasteiger partial charge in [0.25, 0.3) is 0 Å². The second-order valence-corrected chi connectivity index (χ2v) is 8.13. The maximum atomic E-state index is 12.3. The number of amides is 2. The van der Waals surface area contributed by atoms with Gasteiger partial charge in [-0.25, -0.2) is 9.59 Å². The van der Waals surface area contributed by atoms with Crippen LogP contribution in [0.5, 0.6) is 0 Å². The van der Waals surface area contributed by atoms with Gasteiger partial charge in [0, 0.05) is 43.5 Å². The highest BCUT2D eigenvalue weighted by Crippen LogP contribution is 2.51. The van der Waals surface area contributed by atoms with Gasteiger partial charge >= 0.3 is 12.2 Å². The third-order valence-corrected chi connectivity index (χ3v) is 6.00. The molecule has 0 unspecified atom stereocenters. The molecule has 7 heteroatoms. The van der Waals surface area contributed by atoms with Gasteiger partial charge in [0.15, 0.2) is 0 Å². The molecule has 0 bridgehead atoms. The molecule has 2 aliphatic rings. The normalized spacial score (nSPS) is 23.3. The van der Waals surface area contributed by atoms with Crippen molar-refractivity contribution in [3.63, 3.8) is 0 Å². The number of likely N-dealkylation sites (N-methyl/N-ethyl adjacent to an activating group) is 2. The smallest absolute Gasteiger partial charge is 0.359 e. The molecule has 0 aromatic heterocycles. The zero-order chi connectivity index (χ0) is 20.5. The molecule has 28 heavy (non-hydrogen) atoms. The van der Waals surface area contributed by atoms with Crippen LogP contribution in [-0.4, -0.2) is 61.9 Å². The van der Waals surface area contributed by atoms with E-state index in [9.17, 15) is 9.59 Å². The molecule has 2 heterocycles. The average Bonchev–Trinajstić information content (AvgIpc) is 3.07. The first kappa shape index (κ1) is 20.5. The van der Waals surface area contributed by atoms with Gasteiger partial charge in [-0.15, -0.1) is 0 Å². The number of hydrogen-bond acceptors (Lipinski definition) is 5. The Bertz CT molecular complexity index is 747. The Hall–Kier alpha value is -2.28. The fourth-order valence-electron chi connectivity index (χ4n) is 4.78. The Morgan fingerprint density at radius 1 is 1.25 bits per heavy atom. The molecular formula is C21H32N4O3. The lowest BCUT2D eigenvalue weighted by atomic mass is 9.81. The van der Waals surface area contributed by atoms with Crippen molar-refractivity contribution in [3.05, 3.63) is 23.8 Å². The molecule has 0 radical (unpaired) electrons. The number of carbonyl (C=O) groups excluding carboxylic acids is 2. The van der Waals surface area contributed by atoms with Crippen molar-refractivity contribution in [2.24, 2.45) is 0 Å². The molecule has 154 valence electrons. The highest BCUT2D eigenvalue weighted by atomic mass is 16.6. The SMILES string of the molecule is CCCN(CCC)C(=O)OC(=O)Nc1ccc2c(c1)[C@]1(C)CCN(C)[C@H]1N2C. The van der Waals surface area contributed by atoms with E-state index in [1.54, 1.807) is 4.90 Å². The zero-order valence-corrected chi connectivity index (χ0v) is 17.6. The summed E-state index contributed by atoms with van der Waals surface area (Å²) in [5, 5.41) is 2.72. The predicted molar refractivity (Wildman–Crippen MR) is 111 cm³/mol. The van der Waals surface area contributed by atoms with E-state index < -0.39 is 12.2 Å². The van der Waals surface area contributed by atoms with Gasteiger partial charge in [0.2, 0.25) is 0 Å². The summed E-state index contributed by atoms with van der Waals surface area (Å²) in [6, 6.07) is 5.92. The maximum absolute atomic E-state index is 12.3. The summed E-state index contributed by atoms with van der Waals surface area (Å²) in [4.78, 5) is 30.7. The minimum Gasteiger partial charge on any atom is -0.359 e. The monoisotopic (exact) mass is 388 g/mol. The zero-order valence-electron chi connectivity index (χ0n) is 17.6. The number of hydrogen-bond donors (Lipinski definition) is 1. The van der Waals surface area contributed by atoms with E-state index in [0.717, 1.165) is 25.8 Å². The number of nitrogens with one attached hydrogen (secondary N) is 1. The number of nitrogens with zero attached hydrogens (tertiary/aromatic N) is 3. The minimum absolute atomic E-state index is 0.0231. The molecule has 1 N–H and O–H groups in total. The average molecular weight is 389 g/mol. The van der Waals surface area contributed by atoms with Gasteiger partial charge in [-0.1, -0.05) is 20.8 Å². The molecule has 1 aromatic rings. The number of fused-ring (bicyclic) bond motifs is 3. The number of carbonyl (C=O) groups is 2. The lowest BCUT2D eigenvalue weighted by Gasteiger charge is -2.32.